The van der Waals surface area contributed by atoms with Crippen LogP contribution in [0.5, 0.6) is 5.75 Å². The molecule has 0 atom stereocenters. The third-order valence-electron chi connectivity index (χ3n) is 2.39. The van der Waals surface area contributed by atoms with Gasteiger partial charge in [0.15, 0.2) is 6.61 Å². The lowest BCUT2D eigenvalue weighted by Crippen LogP contribution is -1.95. The van der Waals surface area contributed by atoms with Crippen LogP contribution in [-0.2, 0) is 6.61 Å². The van der Waals surface area contributed by atoms with E-state index < -0.39 is 0 Å². The summed E-state index contributed by atoms with van der Waals surface area (Å²) in [6.07, 6.45) is 0. The first-order valence-corrected chi connectivity index (χ1v) is 7.52. The normalized spacial score (nSPS) is 10.6. The van der Waals surface area contributed by atoms with E-state index in [0.717, 1.165) is 10.6 Å². The molecule has 0 radical (unpaired) electrons. The zero-order chi connectivity index (χ0) is 13.1. The summed E-state index contributed by atoms with van der Waals surface area (Å²) in [6, 6.07) is 11.7. The SMILES string of the molecule is Ic1ccc(OCc2nc(-c3cccs3)no2)cc1. The molecular weight excluding hydrogens is 375 g/mol. The summed E-state index contributed by atoms with van der Waals surface area (Å²) in [6.45, 7) is 0.277. The molecule has 1 aromatic carbocycles. The Morgan fingerprint density at radius 2 is 2.05 bits per heavy atom. The van der Waals surface area contributed by atoms with Crippen molar-refractivity contribution in [3.8, 4) is 16.5 Å². The van der Waals surface area contributed by atoms with Gasteiger partial charge in [-0.05, 0) is 58.3 Å². The van der Waals surface area contributed by atoms with Crippen LogP contribution in [0.1, 0.15) is 5.89 Å². The largest absolute Gasteiger partial charge is 0.484 e. The van der Waals surface area contributed by atoms with Crippen molar-refractivity contribution in [3.05, 3.63) is 51.2 Å². The van der Waals surface area contributed by atoms with E-state index in [1.54, 1.807) is 11.3 Å². The molecular formula is C13H9IN2O2S. The maximum absolute atomic E-state index is 5.58. The van der Waals surface area contributed by atoms with Gasteiger partial charge >= 0.3 is 0 Å². The lowest BCUT2D eigenvalue weighted by molar-refractivity contribution is 0.243. The molecule has 0 saturated heterocycles. The highest BCUT2D eigenvalue weighted by molar-refractivity contribution is 14.1. The second-order valence-electron chi connectivity index (χ2n) is 3.73. The quantitative estimate of drug-likeness (QED) is 0.639. The Hall–Kier alpha value is -1.41. The third-order valence-corrected chi connectivity index (χ3v) is 3.97. The summed E-state index contributed by atoms with van der Waals surface area (Å²) in [5.41, 5.74) is 0. The minimum atomic E-state index is 0.277. The van der Waals surface area contributed by atoms with Gasteiger partial charge in [0.1, 0.15) is 5.75 Å². The molecule has 0 unspecified atom stereocenters. The molecule has 6 heteroatoms. The highest BCUT2D eigenvalue weighted by Crippen LogP contribution is 2.21. The molecule has 0 aliphatic rings. The summed E-state index contributed by atoms with van der Waals surface area (Å²) in [7, 11) is 0. The predicted molar refractivity (Wildman–Crippen MR) is 81.1 cm³/mol. The zero-order valence-corrected chi connectivity index (χ0v) is 12.7. The fourth-order valence-corrected chi connectivity index (χ4v) is 2.50. The van der Waals surface area contributed by atoms with E-state index in [9.17, 15) is 0 Å². The van der Waals surface area contributed by atoms with Crippen LogP contribution in [-0.4, -0.2) is 10.1 Å². The van der Waals surface area contributed by atoms with Crippen molar-refractivity contribution in [3.63, 3.8) is 0 Å². The van der Waals surface area contributed by atoms with Crippen LogP contribution in [0.25, 0.3) is 10.7 Å². The number of thiophene rings is 1. The highest BCUT2D eigenvalue weighted by atomic mass is 127. The van der Waals surface area contributed by atoms with Crippen molar-refractivity contribution < 1.29 is 9.26 Å². The molecule has 0 aliphatic heterocycles. The number of hydrogen-bond donors (Lipinski definition) is 0. The third kappa shape index (κ3) is 3.13. The van der Waals surface area contributed by atoms with Gasteiger partial charge in [-0.15, -0.1) is 11.3 Å². The van der Waals surface area contributed by atoms with Crippen molar-refractivity contribution >= 4 is 33.9 Å². The number of nitrogens with zero attached hydrogens (tertiary/aromatic N) is 2. The molecule has 96 valence electrons. The molecule has 0 fully saturated rings. The summed E-state index contributed by atoms with van der Waals surface area (Å²) in [5, 5.41) is 5.91. The number of rotatable bonds is 4. The average Bonchev–Trinajstić information content (AvgIpc) is 3.09. The van der Waals surface area contributed by atoms with Crippen LogP contribution in [0, 0.1) is 3.57 Å². The Kier molecular flexibility index (Phi) is 3.79. The molecule has 0 spiro atoms. The van der Waals surface area contributed by atoms with Crippen molar-refractivity contribution in [2.75, 3.05) is 0 Å². The summed E-state index contributed by atoms with van der Waals surface area (Å²) in [4.78, 5) is 5.28. The average molecular weight is 384 g/mol. The Morgan fingerprint density at radius 1 is 1.21 bits per heavy atom. The summed E-state index contributed by atoms with van der Waals surface area (Å²) in [5.74, 6) is 1.87. The molecule has 0 bridgehead atoms. The maximum Gasteiger partial charge on any atom is 0.264 e. The van der Waals surface area contributed by atoms with Crippen LogP contribution in [0.4, 0.5) is 0 Å². The first-order chi connectivity index (χ1) is 9.31. The number of ether oxygens (including phenoxy) is 1. The van der Waals surface area contributed by atoms with E-state index in [1.807, 2.05) is 41.8 Å². The monoisotopic (exact) mass is 384 g/mol. The zero-order valence-electron chi connectivity index (χ0n) is 9.75. The van der Waals surface area contributed by atoms with Gasteiger partial charge in [-0.1, -0.05) is 11.2 Å². The number of aromatic nitrogens is 2. The van der Waals surface area contributed by atoms with E-state index in [0.29, 0.717) is 11.7 Å². The molecule has 0 amide bonds. The predicted octanol–water partition coefficient (Wildman–Crippen LogP) is 3.98. The minimum Gasteiger partial charge on any atom is -0.484 e. The van der Waals surface area contributed by atoms with Gasteiger partial charge in [0, 0.05) is 3.57 Å². The van der Waals surface area contributed by atoms with E-state index in [-0.39, 0.29) is 6.61 Å². The Labute approximate surface area is 127 Å². The Balaban J connectivity index is 1.66. The maximum atomic E-state index is 5.58. The number of benzene rings is 1. The number of halogens is 1. The highest BCUT2D eigenvalue weighted by Gasteiger charge is 2.09. The molecule has 0 aliphatic carbocycles. The van der Waals surface area contributed by atoms with E-state index in [1.165, 1.54) is 3.57 Å². The van der Waals surface area contributed by atoms with Crippen molar-refractivity contribution in [1.82, 2.24) is 10.1 Å². The van der Waals surface area contributed by atoms with Gasteiger partial charge in [0.05, 0.1) is 4.88 Å². The van der Waals surface area contributed by atoms with Crippen LogP contribution in [0.15, 0.2) is 46.3 Å². The Bertz CT molecular complexity index is 650. The lowest BCUT2D eigenvalue weighted by Gasteiger charge is -2.02. The van der Waals surface area contributed by atoms with E-state index in [2.05, 4.69) is 32.7 Å². The number of hydrogen-bond acceptors (Lipinski definition) is 5. The smallest absolute Gasteiger partial charge is 0.264 e. The first kappa shape index (κ1) is 12.6. The molecule has 2 aromatic heterocycles. The lowest BCUT2D eigenvalue weighted by atomic mass is 10.3. The molecule has 2 heterocycles. The summed E-state index contributed by atoms with van der Waals surface area (Å²) < 4.78 is 11.9. The Morgan fingerprint density at radius 3 is 2.79 bits per heavy atom. The van der Waals surface area contributed by atoms with E-state index >= 15 is 0 Å². The van der Waals surface area contributed by atoms with Crippen molar-refractivity contribution in [2.24, 2.45) is 0 Å². The van der Waals surface area contributed by atoms with Crippen LogP contribution >= 0.6 is 33.9 Å². The molecule has 3 rings (SSSR count). The van der Waals surface area contributed by atoms with Gasteiger partial charge in [-0.25, -0.2) is 0 Å². The second-order valence-corrected chi connectivity index (χ2v) is 5.92. The summed E-state index contributed by atoms with van der Waals surface area (Å²) >= 11 is 3.83. The van der Waals surface area contributed by atoms with Gasteiger partial charge in [0.2, 0.25) is 5.82 Å². The van der Waals surface area contributed by atoms with Gasteiger partial charge < -0.3 is 9.26 Å². The second kappa shape index (κ2) is 5.70. The molecule has 3 aromatic rings. The minimum absolute atomic E-state index is 0.277. The van der Waals surface area contributed by atoms with Gasteiger partial charge in [0.25, 0.3) is 5.89 Å². The molecule has 0 N–H and O–H groups in total. The molecule has 4 nitrogen and oxygen atoms in total. The van der Waals surface area contributed by atoms with Crippen molar-refractivity contribution in [2.45, 2.75) is 6.61 Å². The van der Waals surface area contributed by atoms with Gasteiger partial charge in [-0.2, -0.15) is 4.98 Å². The standard InChI is InChI=1S/C13H9IN2O2S/c14-9-3-5-10(6-4-9)17-8-12-15-13(16-18-12)11-2-1-7-19-11/h1-7H,8H2. The molecule has 0 saturated carbocycles. The van der Waals surface area contributed by atoms with Gasteiger partial charge in [-0.3, -0.25) is 0 Å². The fourth-order valence-electron chi connectivity index (χ4n) is 1.50. The van der Waals surface area contributed by atoms with Crippen LogP contribution in [0.2, 0.25) is 0 Å². The van der Waals surface area contributed by atoms with Crippen molar-refractivity contribution in [1.29, 1.82) is 0 Å². The fraction of sp³-hybridized carbons (Fsp3) is 0.0769. The topological polar surface area (TPSA) is 48.2 Å². The molecule has 19 heavy (non-hydrogen) atoms. The van der Waals surface area contributed by atoms with Crippen LogP contribution in [0.3, 0.4) is 0 Å². The first-order valence-electron chi connectivity index (χ1n) is 5.56. The van der Waals surface area contributed by atoms with Crippen LogP contribution < -0.4 is 4.74 Å². The van der Waals surface area contributed by atoms with E-state index in [4.69, 9.17) is 9.26 Å².